The number of likely N-dealkylation sites (tertiary alicyclic amines) is 1. The van der Waals surface area contributed by atoms with E-state index in [0.717, 1.165) is 62.7 Å². The number of H-pyrrole nitrogens is 1. The minimum absolute atomic E-state index is 0.111. The van der Waals surface area contributed by atoms with Crippen LogP contribution in [0.15, 0.2) is 47.7 Å². The third-order valence-corrected chi connectivity index (χ3v) is 7.18. The van der Waals surface area contributed by atoms with Crippen molar-refractivity contribution in [3.63, 3.8) is 0 Å². The largest absolute Gasteiger partial charge is 0.381 e. The van der Waals surface area contributed by atoms with E-state index in [1.54, 1.807) is 10.7 Å². The van der Waals surface area contributed by atoms with Gasteiger partial charge in [-0.3, -0.25) is 14.7 Å². The van der Waals surface area contributed by atoms with Gasteiger partial charge < -0.3 is 9.72 Å². The highest BCUT2D eigenvalue weighted by Gasteiger charge is 2.33. The van der Waals surface area contributed by atoms with Crippen molar-refractivity contribution in [2.45, 2.75) is 38.1 Å². The molecule has 0 aliphatic carbocycles. The van der Waals surface area contributed by atoms with Crippen molar-refractivity contribution in [3.8, 4) is 0 Å². The summed E-state index contributed by atoms with van der Waals surface area (Å²) < 4.78 is 7.29. The van der Waals surface area contributed by atoms with Gasteiger partial charge in [-0.2, -0.15) is 5.10 Å². The number of hydrogen-bond donors (Lipinski definition) is 1. The molecule has 2 aliphatic heterocycles. The van der Waals surface area contributed by atoms with Crippen molar-refractivity contribution in [1.82, 2.24) is 29.5 Å². The quantitative estimate of drug-likeness (QED) is 0.520. The van der Waals surface area contributed by atoms with E-state index in [-0.39, 0.29) is 17.4 Å². The Morgan fingerprint density at radius 2 is 2.00 bits per heavy atom. The van der Waals surface area contributed by atoms with Crippen molar-refractivity contribution in [2.24, 2.45) is 5.92 Å². The molecule has 1 aromatic carbocycles. The number of imidazole rings is 1. The fourth-order valence-electron chi connectivity index (χ4n) is 5.38. The fraction of sp³-hybridized carbons (Fsp3) is 0.440. The highest BCUT2D eigenvalue weighted by molar-refractivity contribution is 5.81. The number of ether oxygens (including phenoxy) is 1. The first kappa shape index (κ1) is 20.5. The van der Waals surface area contributed by atoms with Crippen LogP contribution in [0.5, 0.6) is 0 Å². The van der Waals surface area contributed by atoms with Crippen LogP contribution in [0.2, 0.25) is 0 Å². The molecule has 6 rings (SSSR count). The number of nitrogens with one attached hydrogen (secondary N) is 1. The average Bonchev–Trinajstić information content (AvgIpc) is 3.43. The Bertz CT molecular complexity index is 1360. The van der Waals surface area contributed by atoms with Gasteiger partial charge in [0.25, 0.3) is 5.56 Å². The molecule has 4 aromatic rings. The number of aromatic amines is 1. The summed E-state index contributed by atoms with van der Waals surface area (Å²) in [5.74, 6) is 2.50. The molecule has 2 aliphatic rings. The van der Waals surface area contributed by atoms with Crippen molar-refractivity contribution < 1.29 is 4.74 Å². The molecule has 170 valence electrons. The fourth-order valence-corrected chi connectivity index (χ4v) is 5.38. The standard InChI is InChI=1S/C25H28N6O2/c1-16-13-30(14-17-2-3-20-11-26-7-4-19(20)10-17)15-21(16)23-28-25(32)22-12-27-24(31(22)29-23)18-5-8-33-9-6-18/h2-4,7,10-12,16,18,21H,5-6,8-9,13-15H2,1H3,(H,28,29,32). The molecule has 2 saturated heterocycles. The number of pyridine rings is 1. The molecule has 0 saturated carbocycles. The van der Waals surface area contributed by atoms with Crippen LogP contribution in [0.3, 0.4) is 0 Å². The van der Waals surface area contributed by atoms with Gasteiger partial charge in [0.1, 0.15) is 11.6 Å². The summed E-state index contributed by atoms with van der Waals surface area (Å²) in [5, 5.41) is 7.28. The highest BCUT2D eigenvalue weighted by Crippen LogP contribution is 2.32. The van der Waals surface area contributed by atoms with Crippen LogP contribution >= 0.6 is 0 Å². The number of hydrogen-bond acceptors (Lipinski definition) is 6. The van der Waals surface area contributed by atoms with Crippen LogP contribution in [-0.2, 0) is 11.3 Å². The molecule has 5 heterocycles. The van der Waals surface area contributed by atoms with E-state index in [9.17, 15) is 4.79 Å². The first-order valence-electron chi connectivity index (χ1n) is 11.8. The monoisotopic (exact) mass is 444 g/mol. The molecule has 33 heavy (non-hydrogen) atoms. The summed E-state index contributed by atoms with van der Waals surface area (Å²) in [6, 6.07) is 8.62. The third-order valence-electron chi connectivity index (χ3n) is 7.18. The number of aromatic nitrogens is 5. The zero-order chi connectivity index (χ0) is 22.4. The zero-order valence-electron chi connectivity index (χ0n) is 18.8. The predicted molar refractivity (Wildman–Crippen MR) is 125 cm³/mol. The molecule has 0 radical (unpaired) electrons. The highest BCUT2D eigenvalue weighted by atomic mass is 16.5. The molecule has 1 N–H and O–H groups in total. The van der Waals surface area contributed by atoms with Gasteiger partial charge >= 0.3 is 0 Å². The van der Waals surface area contributed by atoms with Gasteiger partial charge in [0.05, 0.1) is 6.20 Å². The van der Waals surface area contributed by atoms with Crippen molar-refractivity contribution >= 4 is 16.3 Å². The summed E-state index contributed by atoms with van der Waals surface area (Å²) in [4.78, 5) is 27.1. The molecule has 2 unspecified atom stereocenters. The van der Waals surface area contributed by atoms with Crippen LogP contribution < -0.4 is 5.56 Å². The zero-order valence-corrected chi connectivity index (χ0v) is 18.8. The van der Waals surface area contributed by atoms with E-state index >= 15 is 0 Å². The van der Waals surface area contributed by atoms with Crippen molar-refractivity contribution in [1.29, 1.82) is 0 Å². The minimum atomic E-state index is -0.111. The van der Waals surface area contributed by atoms with Crippen molar-refractivity contribution in [2.75, 3.05) is 26.3 Å². The molecule has 8 heteroatoms. The molecule has 0 spiro atoms. The van der Waals surface area contributed by atoms with E-state index < -0.39 is 0 Å². The molecule has 3 aromatic heterocycles. The van der Waals surface area contributed by atoms with Crippen LogP contribution in [0.25, 0.3) is 16.3 Å². The first-order valence-corrected chi connectivity index (χ1v) is 11.8. The van der Waals surface area contributed by atoms with E-state index in [1.807, 2.05) is 12.4 Å². The van der Waals surface area contributed by atoms with E-state index in [1.165, 1.54) is 10.9 Å². The smallest absolute Gasteiger partial charge is 0.276 e. The Morgan fingerprint density at radius 1 is 1.12 bits per heavy atom. The summed E-state index contributed by atoms with van der Waals surface area (Å²) in [6.45, 7) is 6.42. The lowest BCUT2D eigenvalue weighted by Gasteiger charge is -2.21. The lowest BCUT2D eigenvalue weighted by molar-refractivity contribution is 0.0832. The van der Waals surface area contributed by atoms with Gasteiger partial charge in [0, 0.05) is 62.5 Å². The normalized spacial score (nSPS) is 22.5. The Kier molecular flexibility index (Phi) is 5.19. The van der Waals surface area contributed by atoms with Crippen LogP contribution in [-0.4, -0.2) is 55.8 Å². The van der Waals surface area contributed by atoms with Crippen LogP contribution in [0, 0.1) is 5.92 Å². The molecular weight excluding hydrogens is 416 g/mol. The number of benzene rings is 1. The molecule has 0 amide bonds. The maximum atomic E-state index is 12.9. The summed E-state index contributed by atoms with van der Waals surface area (Å²) in [5.41, 5.74) is 1.70. The number of fused-ring (bicyclic) bond motifs is 2. The second-order valence-corrected chi connectivity index (χ2v) is 9.47. The predicted octanol–water partition coefficient (Wildman–Crippen LogP) is 3.10. The number of nitrogens with zero attached hydrogens (tertiary/aromatic N) is 5. The second-order valence-electron chi connectivity index (χ2n) is 9.47. The molecule has 0 bridgehead atoms. The lowest BCUT2D eigenvalue weighted by Crippen LogP contribution is -2.24. The Balaban J connectivity index is 1.26. The summed E-state index contributed by atoms with van der Waals surface area (Å²) in [6.07, 6.45) is 7.22. The van der Waals surface area contributed by atoms with Crippen LogP contribution in [0.4, 0.5) is 0 Å². The Hall–Kier alpha value is -3.10. The maximum Gasteiger partial charge on any atom is 0.276 e. The first-order chi connectivity index (χ1) is 16.2. The summed E-state index contributed by atoms with van der Waals surface area (Å²) in [7, 11) is 0. The van der Waals surface area contributed by atoms with Gasteiger partial charge in [0.15, 0.2) is 5.52 Å². The van der Waals surface area contributed by atoms with Crippen LogP contribution in [0.1, 0.15) is 48.8 Å². The Morgan fingerprint density at radius 3 is 2.88 bits per heavy atom. The molecule has 8 nitrogen and oxygen atoms in total. The molecule has 2 atom stereocenters. The average molecular weight is 445 g/mol. The van der Waals surface area contributed by atoms with Gasteiger partial charge in [-0.25, -0.2) is 9.50 Å². The maximum absolute atomic E-state index is 12.9. The van der Waals surface area contributed by atoms with Gasteiger partial charge in [-0.1, -0.05) is 19.1 Å². The van der Waals surface area contributed by atoms with E-state index in [0.29, 0.717) is 11.4 Å². The third kappa shape index (κ3) is 3.83. The number of rotatable bonds is 4. The SMILES string of the molecule is CC1CN(Cc2ccc3cnccc3c2)CC1c1nn2c(C3CCOCC3)ncc2c(=O)[nH]1. The lowest BCUT2D eigenvalue weighted by atomic mass is 9.97. The minimum Gasteiger partial charge on any atom is -0.381 e. The van der Waals surface area contributed by atoms with Gasteiger partial charge in [0.2, 0.25) is 0 Å². The molecular formula is C25H28N6O2. The van der Waals surface area contributed by atoms with Crippen molar-refractivity contribution in [3.05, 3.63) is 70.4 Å². The van der Waals surface area contributed by atoms with E-state index in [4.69, 9.17) is 9.84 Å². The topological polar surface area (TPSA) is 88.4 Å². The second kappa shape index (κ2) is 8.35. The van der Waals surface area contributed by atoms with Gasteiger partial charge in [-0.05, 0) is 41.8 Å². The summed E-state index contributed by atoms with van der Waals surface area (Å²) >= 11 is 0. The van der Waals surface area contributed by atoms with Gasteiger partial charge in [-0.15, -0.1) is 0 Å². The van der Waals surface area contributed by atoms with E-state index in [2.05, 4.69) is 51.0 Å². The Labute approximate surface area is 191 Å². The molecule has 2 fully saturated rings.